The maximum Gasteiger partial charge on any atom is 0.338 e. The van der Waals surface area contributed by atoms with Crippen LogP contribution in [-0.4, -0.2) is 54.4 Å². The maximum absolute atomic E-state index is 13.7. The predicted octanol–water partition coefficient (Wildman–Crippen LogP) is 3.98. The number of hydrogen-bond donors (Lipinski definition) is 0. The zero-order valence-electron chi connectivity index (χ0n) is 20.1. The molecule has 3 amide bonds. The molecule has 2 aliphatic rings. The summed E-state index contributed by atoms with van der Waals surface area (Å²) >= 11 is 0. The van der Waals surface area contributed by atoms with Crippen molar-refractivity contribution in [3.63, 3.8) is 0 Å². The van der Waals surface area contributed by atoms with Crippen LogP contribution in [0.5, 0.6) is 5.75 Å². The Bertz CT molecular complexity index is 1090. The van der Waals surface area contributed by atoms with Gasteiger partial charge in [-0.2, -0.15) is 0 Å². The lowest BCUT2D eigenvalue weighted by Gasteiger charge is -2.37. The fraction of sp³-hybridized carbons (Fsp3) is 0.407. The molecule has 0 spiro atoms. The van der Waals surface area contributed by atoms with E-state index in [-0.39, 0.29) is 30.9 Å². The van der Waals surface area contributed by atoms with E-state index in [0.717, 1.165) is 37.0 Å². The average molecular weight is 479 g/mol. The lowest BCUT2D eigenvalue weighted by molar-refractivity contribution is -0.123. The van der Waals surface area contributed by atoms with Crippen molar-refractivity contribution >= 4 is 29.4 Å². The van der Waals surface area contributed by atoms with Crippen LogP contribution in [0.15, 0.2) is 48.5 Å². The first kappa shape index (κ1) is 24.4. The minimum atomic E-state index is -0.870. The van der Waals surface area contributed by atoms with Crippen LogP contribution >= 0.6 is 0 Å². The second-order valence-electron chi connectivity index (χ2n) is 8.79. The molecule has 1 saturated heterocycles. The van der Waals surface area contributed by atoms with Crippen molar-refractivity contribution in [2.45, 2.75) is 57.5 Å². The van der Waals surface area contributed by atoms with Gasteiger partial charge in [-0.25, -0.2) is 9.69 Å². The molecule has 0 aromatic heterocycles. The van der Waals surface area contributed by atoms with E-state index in [2.05, 4.69) is 0 Å². The summed E-state index contributed by atoms with van der Waals surface area (Å²) in [7, 11) is 1.56. The lowest BCUT2D eigenvalue weighted by atomic mass is 9.92. The Labute approximate surface area is 204 Å². The van der Waals surface area contributed by atoms with E-state index in [1.807, 2.05) is 0 Å². The van der Waals surface area contributed by atoms with E-state index in [9.17, 15) is 19.2 Å². The number of esters is 1. The van der Waals surface area contributed by atoms with Crippen molar-refractivity contribution < 1.29 is 28.7 Å². The maximum atomic E-state index is 13.7. The molecule has 1 atom stereocenters. The smallest absolute Gasteiger partial charge is 0.338 e. The molecule has 8 heteroatoms. The standard InChI is InChI=1S/C27H30N2O6/c1-3-35-27(33)19-9-13-21(14-10-19)29-24(30)17-23(26(29)32)28(20-7-5-4-6-8-20)25(31)18-11-15-22(34-2)16-12-18/h9-16,20,23H,3-8,17H2,1-2H3. The highest BCUT2D eigenvalue weighted by molar-refractivity contribution is 6.23. The molecule has 8 nitrogen and oxygen atoms in total. The molecule has 1 aliphatic carbocycles. The van der Waals surface area contributed by atoms with E-state index < -0.39 is 17.9 Å². The van der Waals surface area contributed by atoms with Crippen molar-refractivity contribution in [3.05, 3.63) is 59.7 Å². The van der Waals surface area contributed by atoms with Crippen LogP contribution in [0.3, 0.4) is 0 Å². The Morgan fingerprint density at radius 2 is 1.57 bits per heavy atom. The largest absolute Gasteiger partial charge is 0.497 e. The molecule has 1 aliphatic heterocycles. The van der Waals surface area contributed by atoms with Crippen molar-refractivity contribution in [1.82, 2.24) is 4.90 Å². The molecule has 1 heterocycles. The van der Waals surface area contributed by atoms with Crippen LogP contribution in [-0.2, 0) is 14.3 Å². The summed E-state index contributed by atoms with van der Waals surface area (Å²) in [5.41, 5.74) is 1.16. The van der Waals surface area contributed by atoms with Crippen molar-refractivity contribution in [2.24, 2.45) is 0 Å². The summed E-state index contributed by atoms with van der Waals surface area (Å²) in [6.45, 7) is 1.98. The number of nitrogens with zero attached hydrogens (tertiary/aromatic N) is 2. The first-order valence-corrected chi connectivity index (χ1v) is 12.0. The van der Waals surface area contributed by atoms with Crippen LogP contribution in [0.25, 0.3) is 0 Å². The molecular weight excluding hydrogens is 448 g/mol. The van der Waals surface area contributed by atoms with Crippen molar-refractivity contribution in [2.75, 3.05) is 18.6 Å². The minimum absolute atomic E-state index is 0.0726. The molecule has 2 aromatic rings. The first-order chi connectivity index (χ1) is 16.9. The monoisotopic (exact) mass is 478 g/mol. The van der Waals surface area contributed by atoms with Gasteiger partial charge in [-0.1, -0.05) is 19.3 Å². The molecule has 2 fully saturated rings. The molecule has 2 aromatic carbocycles. The quantitative estimate of drug-likeness (QED) is 0.442. The van der Waals surface area contributed by atoms with Crippen LogP contribution < -0.4 is 9.64 Å². The van der Waals surface area contributed by atoms with E-state index in [0.29, 0.717) is 22.6 Å². The van der Waals surface area contributed by atoms with Gasteiger partial charge in [0.05, 0.1) is 31.4 Å². The lowest BCUT2D eigenvalue weighted by Crippen LogP contribution is -2.51. The van der Waals surface area contributed by atoms with Gasteiger partial charge < -0.3 is 14.4 Å². The summed E-state index contributed by atoms with van der Waals surface area (Å²) < 4.78 is 10.2. The van der Waals surface area contributed by atoms with E-state index in [1.54, 1.807) is 55.3 Å². The SMILES string of the molecule is CCOC(=O)c1ccc(N2C(=O)CC(N(C(=O)c3ccc(OC)cc3)C3CCCCC3)C2=O)cc1. The first-order valence-electron chi connectivity index (χ1n) is 12.0. The highest BCUT2D eigenvalue weighted by Crippen LogP contribution is 2.32. The third-order valence-electron chi connectivity index (χ3n) is 6.63. The minimum Gasteiger partial charge on any atom is -0.497 e. The Balaban J connectivity index is 1.61. The topological polar surface area (TPSA) is 93.2 Å². The van der Waals surface area contributed by atoms with E-state index in [4.69, 9.17) is 9.47 Å². The van der Waals surface area contributed by atoms with Crippen LogP contribution in [0.4, 0.5) is 5.69 Å². The van der Waals surface area contributed by atoms with Gasteiger partial charge in [-0.15, -0.1) is 0 Å². The molecule has 1 saturated carbocycles. The van der Waals surface area contributed by atoms with Crippen LogP contribution in [0, 0.1) is 0 Å². The number of carbonyl (C=O) groups excluding carboxylic acids is 4. The average Bonchev–Trinajstić information content (AvgIpc) is 3.18. The van der Waals surface area contributed by atoms with Crippen molar-refractivity contribution in [1.29, 1.82) is 0 Å². The molecule has 1 unspecified atom stereocenters. The highest BCUT2D eigenvalue weighted by atomic mass is 16.5. The molecule has 35 heavy (non-hydrogen) atoms. The Morgan fingerprint density at radius 3 is 2.17 bits per heavy atom. The van der Waals surface area contributed by atoms with Gasteiger partial charge >= 0.3 is 5.97 Å². The summed E-state index contributed by atoms with van der Waals surface area (Å²) in [6.07, 6.45) is 4.58. The number of amides is 3. The molecule has 4 rings (SSSR count). The molecule has 0 N–H and O–H groups in total. The second kappa shape index (κ2) is 10.7. The number of benzene rings is 2. The van der Waals surface area contributed by atoms with Gasteiger partial charge in [0.2, 0.25) is 5.91 Å². The number of ether oxygens (including phenoxy) is 2. The number of imide groups is 1. The summed E-state index contributed by atoms with van der Waals surface area (Å²) in [5, 5.41) is 0. The summed E-state index contributed by atoms with van der Waals surface area (Å²) in [5.74, 6) is -0.886. The van der Waals surface area contributed by atoms with Crippen LogP contribution in [0.2, 0.25) is 0 Å². The summed E-state index contributed by atoms with van der Waals surface area (Å²) in [4.78, 5) is 54.9. The van der Waals surface area contributed by atoms with E-state index >= 15 is 0 Å². The third-order valence-corrected chi connectivity index (χ3v) is 6.63. The molecule has 184 valence electrons. The number of rotatable bonds is 7. The Morgan fingerprint density at radius 1 is 0.943 bits per heavy atom. The van der Waals surface area contributed by atoms with Crippen LogP contribution in [0.1, 0.15) is 66.2 Å². The Kier molecular flexibility index (Phi) is 7.48. The zero-order valence-corrected chi connectivity index (χ0v) is 20.1. The van der Waals surface area contributed by atoms with E-state index in [1.165, 1.54) is 12.1 Å². The fourth-order valence-corrected chi connectivity index (χ4v) is 4.87. The van der Waals surface area contributed by atoms with Gasteiger partial charge in [-0.05, 0) is 68.3 Å². The normalized spacial score (nSPS) is 18.5. The number of hydrogen-bond acceptors (Lipinski definition) is 6. The van der Waals surface area contributed by atoms with Gasteiger partial charge in [0.1, 0.15) is 11.8 Å². The zero-order chi connectivity index (χ0) is 24.9. The van der Waals surface area contributed by atoms with Crippen molar-refractivity contribution in [3.8, 4) is 5.75 Å². The van der Waals surface area contributed by atoms with Gasteiger partial charge in [0.15, 0.2) is 0 Å². The Hall–Kier alpha value is -3.68. The molecule has 0 radical (unpaired) electrons. The fourth-order valence-electron chi connectivity index (χ4n) is 4.87. The summed E-state index contributed by atoms with van der Waals surface area (Å²) in [6, 6.07) is 12.0. The second-order valence-corrected chi connectivity index (χ2v) is 8.79. The third kappa shape index (κ3) is 5.06. The molecular formula is C27H30N2O6. The van der Waals surface area contributed by atoms with Gasteiger partial charge in [0.25, 0.3) is 11.8 Å². The number of carbonyl (C=O) groups is 4. The van der Waals surface area contributed by atoms with Gasteiger partial charge in [0, 0.05) is 11.6 Å². The number of methoxy groups -OCH3 is 1. The van der Waals surface area contributed by atoms with Gasteiger partial charge in [-0.3, -0.25) is 14.4 Å². The number of anilines is 1. The highest BCUT2D eigenvalue weighted by Gasteiger charge is 2.46. The predicted molar refractivity (Wildman–Crippen MR) is 129 cm³/mol. The molecule has 0 bridgehead atoms.